The third-order valence-electron chi connectivity index (χ3n) is 4.85. The summed E-state index contributed by atoms with van der Waals surface area (Å²) in [6.45, 7) is 3.87. The molecule has 2 atom stereocenters. The zero-order valence-electron chi connectivity index (χ0n) is 13.8. The summed E-state index contributed by atoms with van der Waals surface area (Å²) in [4.78, 5) is 13.4. The lowest BCUT2D eigenvalue weighted by Crippen LogP contribution is -2.56. The number of fused-ring (bicyclic) bond motifs is 2. The molecule has 0 aliphatic carbocycles. The molecule has 0 saturated carbocycles. The number of rotatable bonds is 2. The molecule has 2 aromatic rings. The third-order valence-corrected chi connectivity index (χ3v) is 4.85. The highest BCUT2D eigenvalue weighted by molar-refractivity contribution is 6.06. The van der Waals surface area contributed by atoms with E-state index in [1.807, 2.05) is 86.7 Å². The van der Waals surface area contributed by atoms with Gasteiger partial charge in [-0.15, -0.1) is 0 Å². The van der Waals surface area contributed by atoms with Gasteiger partial charge in [0.05, 0.1) is 0 Å². The first-order valence-electron chi connectivity index (χ1n) is 8.18. The predicted molar refractivity (Wildman–Crippen MR) is 100 cm³/mol. The highest BCUT2D eigenvalue weighted by Gasteiger charge is 2.44. The highest BCUT2D eigenvalue weighted by atomic mass is 16.1. The van der Waals surface area contributed by atoms with Crippen LogP contribution in [-0.4, -0.2) is 16.9 Å². The molecule has 2 unspecified atom stereocenters. The summed E-state index contributed by atoms with van der Waals surface area (Å²) in [5.41, 5.74) is 2.66. The minimum absolute atomic E-state index is 0.0894. The summed E-state index contributed by atoms with van der Waals surface area (Å²) in [6.07, 6.45) is 7.96. The number of anilines is 2. The van der Waals surface area contributed by atoms with Crippen molar-refractivity contribution in [2.75, 3.05) is 10.6 Å². The number of para-hydroxylation sites is 2. The van der Waals surface area contributed by atoms with Crippen molar-refractivity contribution in [3.63, 3.8) is 0 Å². The van der Waals surface area contributed by atoms with Crippen LogP contribution in [0.25, 0.3) is 12.2 Å². The SMILES string of the molecule is CC1(C(=O)C2(C)C=Cc3ccccc3N2)C=Cc2ccccc2N1. The minimum Gasteiger partial charge on any atom is -0.369 e. The van der Waals surface area contributed by atoms with E-state index in [-0.39, 0.29) is 5.78 Å². The zero-order chi connectivity index (χ0) is 16.8. The molecule has 2 aliphatic heterocycles. The van der Waals surface area contributed by atoms with Crippen LogP contribution in [-0.2, 0) is 4.79 Å². The third kappa shape index (κ3) is 2.24. The summed E-state index contributed by atoms with van der Waals surface area (Å²) in [5, 5.41) is 6.82. The Morgan fingerprint density at radius 2 is 1.17 bits per heavy atom. The van der Waals surface area contributed by atoms with Gasteiger partial charge in [0.1, 0.15) is 11.1 Å². The van der Waals surface area contributed by atoms with E-state index < -0.39 is 11.1 Å². The van der Waals surface area contributed by atoms with Crippen LogP contribution >= 0.6 is 0 Å². The maximum absolute atomic E-state index is 13.4. The monoisotopic (exact) mass is 316 g/mol. The van der Waals surface area contributed by atoms with Gasteiger partial charge in [-0.3, -0.25) is 4.79 Å². The van der Waals surface area contributed by atoms with E-state index >= 15 is 0 Å². The van der Waals surface area contributed by atoms with Gasteiger partial charge in [0.25, 0.3) is 0 Å². The van der Waals surface area contributed by atoms with Crippen molar-refractivity contribution in [1.82, 2.24) is 0 Å². The normalized spacial score (nSPS) is 26.8. The molecule has 2 aliphatic rings. The van der Waals surface area contributed by atoms with Crippen LogP contribution < -0.4 is 10.6 Å². The van der Waals surface area contributed by atoms with Gasteiger partial charge < -0.3 is 10.6 Å². The Kier molecular flexibility index (Phi) is 3.14. The summed E-state index contributed by atoms with van der Waals surface area (Å²) in [7, 11) is 0. The van der Waals surface area contributed by atoms with E-state index in [0.29, 0.717) is 0 Å². The van der Waals surface area contributed by atoms with Gasteiger partial charge in [-0.05, 0) is 37.1 Å². The van der Waals surface area contributed by atoms with Crippen LogP contribution in [0.2, 0.25) is 0 Å². The fourth-order valence-corrected chi connectivity index (χ4v) is 3.47. The second kappa shape index (κ2) is 5.10. The Bertz CT molecular complexity index is 811. The largest absolute Gasteiger partial charge is 0.369 e. The fraction of sp³-hybridized carbons (Fsp3) is 0.190. The molecule has 4 rings (SSSR count). The average Bonchev–Trinajstić information content (AvgIpc) is 2.61. The maximum atomic E-state index is 13.4. The van der Waals surface area contributed by atoms with Crippen molar-refractivity contribution in [2.24, 2.45) is 0 Å². The molecule has 3 heteroatoms. The molecular weight excluding hydrogens is 296 g/mol. The van der Waals surface area contributed by atoms with Crippen molar-refractivity contribution in [3.05, 3.63) is 71.8 Å². The Balaban J connectivity index is 1.68. The molecular formula is C21H20N2O. The van der Waals surface area contributed by atoms with Gasteiger partial charge in [-0.1, -0.05) is 60.7 Å². The van der Waals surface area contributed by atoms with Crippen molar-refractivity contribution < 1.29 is 4.79 Å². The molecule has 0 fully saturated rings. The lowest BCUT2D eigenvalue weighted by atomic mass is 9.78. The van der Waals surface area contributed by atoms with E-state index in [1.165, 1.54) is 0 Å². The smallest absolute Gasteiger partial charge is 0.190 e. The topological polar surface area (TPSA) is 41.1 Å². The first-order chi connectivity index (χ1) is 11.5. The summed E-state index contributed by atoms with van der Waals surface area (Å²) in [5.74, 6) is 0.0894. The summed E-state index contributed by atoms with van der Waals surface area (Å²) in [6, 6.07) is 16.1. The van der Waals surface area contributed by atoms with E-state index in [2.05, 4.69) is 10.6 Å². The van der Waals surface area contributed by atoms with Gasteiger partial charge in [0, 0.05) is 11.4 Å². The first-order valence-corrected chi connectivity index (χ1v) is 8.18. The number of hydrogen-bond donors (Lipinski definition) is 2. The molecule has 3 nitrogen and oxygen atoms in total. The summed E-state index contributed by atoms with van der Waals surface area (Å²) < 4.78 is 0. The van der Waals surface area contributed by atoms with Gasteiger partial charge in [0.2, 0.25) is 0 Å². The van der Waals surface area contributed by atoms with Crippen molar-refractivity contribution >= 4 is 29.3 Å². The predicted octanol–water partition coefficient (Wildman–Crippen LogP) is 4.35. The van der Waals surface area contributed by atoms with E-state index in [9.17, 15) is 4.79 Å². The quantitative estimate of drug-likeness (QED) is 0.865. The van der Waals surface area contributed by atoms with Crippen molar-refractivity contribution in [3.8, 4) is 0 Å². The van der Waals surface area contributed by atoms with Gasteiger partial charge in [0.15, 0.2) is 5.78 Å². The second-order valence-corrected chi connectivity index (χ2v) is 6.82. The molecule has 2 aromatic carbocycles. The number of carbonyl (C=O) groups excluding carboxylic acids is 1. The molecule has 0 radical (unpaired) electrons. The standard InChI is InChI=1S/C21H20N2O/c1-20(13-11-15-7-3-5-9-17(15)22-20)19(24)21(2)14-12-16-8-4-6-10-18(16)23-21/h3-14,22-23H,1-2H3. The number of carbonyl (C=O) groups is 1. The Morgan fingerprint density at radius 3 is 1.62 bits per heavy atom. The van der Waals surface area contributed by atoms with E-state index in [4.69, 9.17) is 0 Å². The van der Waals surface area contributed by atoms with Gasteiger partial charge >= 0.3 is 0 Å². The molecule has 2 heterocycles. The zero-order valence-corrected chi connectivity index (χ0v) is 13.8. The number of ketones is 1. The molecule has 0 spiro atoms. The van der Waals surface area contributed by atoms with Gasteiger partial charge in [-0.25, -0.2) is 0 Å². The van der Waals surface area contributed by atoms with E-state index in [0.717, 1.165) is 22.5 Å². The van der Waals surface area contributed by atoms with Crippen molar-refractivity contribution in [1.29, 1.82) is 0 Å². The summed E-state index contributed by atoms with van der Waals surface area (Å²) >= 11 is 0. The lowest BCUT2D eigenvalue weighted by molar-refractivity contribution is -0.124. The van der Waals surface area contributed by atoms with Crippen LogP contribution in [0.4, 0.5) is 11.4 Å². The van der Waals surface area contributed by atoms with E-state index in [1.54, 1.807) is 0 Å². The van der Waals surface area contributed by atoms with Crippen LogP contribution in [0.15, 0.2) is 60.7 Å². The van der Waals surface area contributed by atoms with Crippen LogP contribution in [0.3, 0.4) is 0 Å². The van der Waals surface area contributed by atoms with Crippen LogP contribution in [0.1, 0.15) is 25.0 Å². The minimum atomic E-state index is -0.757. The Hall–Kier alpha value is -2.81. The Labute approximate surface area is 142 Å². The fourth-order valence-electron chi connectivity index (χ4n) is 3.47. The number of nitrogens with one attached hydrogen (secondary N) is 2. The van der Waals surface area contributed by atoms with Crippen LogP contribution in [0.5, 0.6) is 0 Å². The highest BCUT2D eigenvalue weighted by Crippen LogP contribution is 2.35. The average molecular weight is 316 g/mol. The number of hydrogen-bond acceptors (Lipinski definition) is 3. The first kappa shape index (κ1) is 14.8. The molecule has 120 valence electrons. The molecule has 0 aromatic heterocycles. The molecule has 0 saturated heterocycles. The number of Topliss-reactive ketones (excluding diaryl/α,β-unsaturated/α-hetero) is 1. The second-order valence-electron chi connectivity index (χ2n) is 6.82. The maximum Gasteiger partial charge on any atom is 0.190 e. The molecule has 0 bridgehead atoms. The molecule has 24 heavy (non-hydrogen) atoms. The van der Waals surface area contributed by atoms with Crippen molar-refractivity contribution in [2.45, 2.75) is 24.9 Å². The lowest BCUT2D eigenvalue weighted by Gasteiger charge is -2.40. The van der Waals surface area contributed by atoms with Gasteiger partial charge in [-0.2, -0.15) is 0 Å². The molecule has 2 N–H and O–H groups in total. The molecule has 0 amide bonds. The Morgan fingerprint density at radius 1 is 0.750 bits per heavy atom. The number of benzene rings is 2. The van der Waals surface area contributed by atoms with Crippen LogP contribution in [0, 0.1) is 0 Å².